The summed E-state index contributed by atoms with van der Waals surface area (Å²) in [6.07, 6.45) is 3.29. The second-order valence-corrected chi connectivity index (χ2v) is 5.64. The monoisotopic (exact) mass is 251 g/mol. The van der Waals surface area contributed by atoms with E-state index in [1.165, 1.54) is 17.7 Å². The summed E-state index contributed by atoms with van der Waals surface area (Å²) in [7, 11) is 0. The SMILES string of the molecule is O=C1CCC(=O)N1CCN1CCC2NCCC2C1. The lowest BCUT2D eigenvalue weighted by molar-refractivity contribution is -0.138. The standard InChI is InChI=1S/C13H21N3O2/c17-12-1-2-13(18)16(12)8-7-15-6-4-11-10(9-15)3-5-14-11/h10-11,14H,1-9H2. The molecule has 1 N–H and O–H groups in total. The lowest BCUT2D eigenvalue weighted by Gasteiger charge is -2.35. The molecular weight excluding hydrogens is 230 g/mol. The molecule has 0 aromatic rings. The van der Waals surface area contributed by atoms with Crippen LogP contribution in [0, 0.1) is 5.92 Å². The summed E-state index contributed by atoms with van der Waals surface area (Å²) >= 11 is 0. The lowest BCUT2D eigenvalue weighted by atomic mass is 9.93. The Morgan fingerprint density at radius 2 is 1.89 bits per heavy atom. The predicted octanol–water partition coefficient (Wildman–Crippen LogP) is -0.181. The zero-order chi connectivity index (χ0) is 12.5. The number of likely N-dealkylation sites (tertiary alicyclic amines) is 2. The number of nitrogens with one attached hydrogen (secondary N) is 1. The Morgan fingerprint density at radius 3 is 2.67 bits per heavy atom. The van der Waals surface area contributed by atoms with E-state index < -0.39 is 0 Å². The van der Waals surface area contributed by atoms with E-state index in [-0.39, 0.29) is 11.8 Å². The molecule has 3 rings (SSSR count). The minimum Gasteiger partial charge on any atom is -0.314 e. The molecule has 0 aromatic heterocycles. The molecule has 3 aliphatic heterocycles. The quantitative estimate of drug-likeness (QED) is 0.707. The maximum atomic E-state index is 11.5. The predicted molar refractivity (Wildman–Crippen MR) is 66.9 cm³/mol. The molecule has 2 atom stereocenters. The highest BCUT2D eigenvalue weighted by molar-refractivity contribution is 6.01. The zero-order valence-electron chi connectivity index (χ0n) is 10.7. The first-order chi connectivity index (χ1) is 8.74. The molecular formula is C13H21N3O2. The van der Waals surface area contributed by atoms with Gasteiger partial charge >= 0.3 is 0 Å². The molecule has 5 heteroatoms. The molecule has 5 nitrogen and oxygen atoms in total. The molecule has 2 amide bonds. The van der Waals surface area contributed by atoms with Gasteiger partial charge in [0.15, 0.2) is 0 Å². The van der Waals surface area contributed by atoms with Crippen LogP contribution in [-0.4, -0.2) is 60.4 Å². The minimum absolute atomic E-state index is 0.0115. The number of amides is 2. The minimum atomic E-state index is 0.0115. The van der Waals surface area contributed by atoms with Crippen LogP contribution in [-0.2, 0) is 9.59 Å². The first-order valence-electron chi connectivity index (χ1n) is 7.03. The van der Waals surface area contributed by atoms with Crippen LogP contribution in [0.3, 0.4) is 0 Å². The molecule has 3 aliphatic rings. The summed E-state index contributed by atoms with van der Waals surface area (Å²) in [6, 6.07) is 0.705. The fourth-order valence-electron chi connectivity index (χ4n) is 3.44. The highest BCUT2D eigenvalue weighted by atomic mass is 16.2. The van der Waals surface area contributed by atoms with Crippen LogP contribution in [0.2, 0.25) is 0 Å². The van der Waals surface area contributed by atoms with E-state index in [0.29, 0.717) is 25.4 Å². The maximum Gasteiger partial charge on any atom is 0.229 e. The van der Waals surface area contributed by atoms with Crippen molar-refractivity contribution in [3.63, 3.8) is 0 Å². The van der Waals surface area contributed by atoms with E-state index in [1.807, 2.05) is 0 Å². The fourth-order valence-corrected chi connectivity index (χ4v) is 3.44. The molecule has 3 fully saturated rings. The summed E-state index contributed by atoms with van der Waals surface area (Å²) in [6.45, 7) is 4.79. The van der Waals surface area contributed by atoms with Crippen LogP contribution in [0.4, 0.5) is 0 Å². The molecule has 0 bridgehead atoms. The van der Waals surface area contributed by atoms with Gasteiger partial charge in [-0.05, 0) is 31.8 Å². The average Bonchev–Trinajstić information content (AvgIpc) is 2.94. The van der Waals surface area contributed by atoms with Crippen LogP contribution in [0.25, 0.3) is 0 Å². The summed E-state index contributed by atoms with van der Waals surface area (Å²) in [5, 5.41) is 3.55. The van der Waals surface area contributed by atoms with Crippen molar-refractivity contribution in [3.8, 4) is 0 Å². The summed E-state index contributed by atoms with van der Waals surface area (Å²) in [4.78, 5) is 26.9. The van der Waals surface area contributed by atoms with E-state index in [2.05, 4.69) is 10.2 Å². The van der Waals surface area contributed by atoms with Crippen LogP contribution < -0.4 is 5.32 Å². The van der Waals surface area contributed by atoms with Crippen molar-refractivity contribution in [2.45, 2.75) is 31.7 Å². The summed E-state index contributed by atoms with van der Waals surface area (Å²) in [5.74, 6) is 0.790. The summed E-state index contributed by atoms with van der Waals surface area (Å²) < 4.78 is 0. The van der Waals surface area contributed by atoms with Gasteiger partial charge in [-0.3, -0.25) is 14.5 Å². The van der Waals surface area contributed by atoms with Crippen LogP contribution in [0.1, 0.15) is 25.7 Å². The third-order valence-corrected chi connectivity index (χ3v) is 4.53. The second kappa shape index (κ2) is 4.97. The van der Waals surface area contributed by atoms with Crippen molar-refractivity contribution in [3.05, 3.63) is 0 Å². The number of hydrogen-bond acceptors (Lipinski definition) is 4. The number of nitrogens with zero attached hydrogens (tertiary/aromatic N) is 2. The Morgan fingerprint density at radius 1 is 1.11 bits per heavy atom. The van der Waals surface area contributed by atoms with Gasteiger partial charge in [0.25, 0.3) is 0 Å². The van der Waals surface area contributed by atoms with E-state index in [4.69, 9.17) is 0 Å². The second-order valence-electron chi connectivity index (χ2n) is 5.64. The molecule has 0 spiro atoms. The summed E-state index contributed by atoms with van der Waals surface area (Å²) in [5.41, 5.74) is 0. The van der Waals surface area contributed by atoms with Gasteiger partial charge < -0.3 is 10.2 Å². The topological polar surface area (TPSA) is 52.7 Å². The van der Waals surface area contributed by atoms with Crippen molar-refractivity contribution in [1.29, 1.82) is 0 Å². The highest BCUT2D eigenvalue weighted by Gasteiger charge is 2.33. The van der Waals surface area contributed by atoms with Crippen LogP contribution >= 0.6 is 0 Å². The average molecular weight is 251 g/mol. The number of imide groups is 1. The largest absolute Gasteiger partial charge is 0.314 e. The van der Waals surface area contributed by atoms with Gasteiger partial charge in [0.1, 0.15) is 0 Å². The van der Waals surface area contributed by atoms with E-state index in [1.54, 1.807) is 0 Å². The van der Waals surface area contributed by atoms with Gasteiger partial charge in [-0.2, -0.15) is 0 Å². The number of fused-ring (bicyclic) bond motifs is 1. The van der Waals surface area contributed by atoms with E-state index in [0.717, 1.165) is 32.1 Å². The molecule has 18 heavy (non-hydrogen) atoms. The van der Waals surface area contributed by atoms with Gasteiger partial charge in [0.05, 0.1) is 0 Å². The normalized spacial score (nSPS) is 33.2. The van der Waals surface area contributed by atoms with Crippen molar-refractivity contribution in [1.82, 2.24) is 15.1 Å². The highest BCUT2D eigenvalue weighted by Crippen LogP contribution is 2.24. The maximum absolute atomic E-state index is 11.5. The Kier molecular flexibility index (Phi) is 3.35. The first kappa shape index (κ1) is 12.1. The number of hydrogen-bond donors (Lipinski definition) is 1. The number of carbonyl (C=O) groups is 2. The Balaban J connectivity index is 1.48. The number of piperidine rings is 1. The number of rotatable bonds is 3. The fraction of sp³-hybridized carbons (Fsp3) is 0.846. The smallest absolute Gasteiger partial charge is 0.229 e. The third-order valence-electron chi connectivity index (χ3n) is 4.53. The molecule has 0 aliphatic carbocycles. The van der Waals surface area contributed by atoms with Crippen molar-refractivity contribution < 1.29 is 9.59 Å². The van der Waals surface area contributed by atoms with Gasteiger partial charge in [-0.25, -0.2) is 0 Å². The molecule has 100 valence electrons. The third kappa shape index (κ3) is 2.29. The zero-order valence-corrected chi connectivity index (χ0v) is 10.7. The number of carbonyl (C=O) groups excluding carboxylic acids is 2. The van der Waals surface area contributed by atoms with Crippen molar-refractivity contribution >= 4 is 11.8 Å². The van der Waals surface area contributed by atoms with Crippen LogP contribution in [0.5, 0.6) is 0 Å². The van der Waals surface area contributed by atoms with Crippen molar-refractivity contribution in [2.24, 2.45) is 5.92 Å². The Bertz CT molecular complexity index is 342. The molecule has 0 radical (unpaired) electrons. The van der Waals surface area contributed by atoms with Gasteiger partial charge in [-0.1, -0.05) is 0 Å². The Labute approximate surface area is 107 Å². The van der Waals surface area contributed by atoms with Crippen molar-refractivity contribution in [2.75, 3.05) is 32.7 Å². The van der Waals surface area contributed by atoms with Gasteiger partial charge in [0, 0.05) is 38.5 Å². The molecule has 3 saturated heterocycles. The van der Waals surface area contributed by atoms with Gasteiger partial charge in [-0.15, -0.1) is 0 Å². The van der Waals surface area contributed by atoms with Gasteiger partial charge in [0.2, 0.25) is 11.8 Å². The van der Waals surface area contributed by atoms with E-state index in [9.17, 15) is 9.59 Å². The van der Waals surface area contributed by atoms with Crippen LogP contribution in [0.15, 0.2) is 0 Å². The molecule has 0 aromatic carbocycles. The van der Waals surface area contributed by atoms with E-state index >= 15 is 0 Å². The lowest BCUT2D eigenvalue weighted by Crippen LogP contribution is -2.47. The molecule has 0 saturated carbocycles. The Hall–Kier alpha value is -0.940. The molecule has 3 heterocycles. The molecule has 2 unspecified atom stereocenters. The first-order valence-corrected chi connectivity index (χ1v) is 7.03.